The lowest BCUT2D eigenvalue weighted by Gasteiger charge is -2.51. The summed E-state index contributed by atoms with van der Waals surface area (Å²) in [6.45, 7) is 2.45. The van der Waals surface area contributed by atoms with Crippen LogP contribution >= 0.6 is 0 Å². The Kier molecular flexibility index (Phi) is 2.23. The first-order chi connectivity index (χ1) is 7.25. The normalized spacial score (nSPS) is 44.3. The molecule has 3 nitrogen and oxygen atoms in total. The highest BCUT2D eigenvalue weighted by molar-refractivity contribution is 5.67. The molecule has 4 rings (SSSR count). The van der Waals surface area contributed by atoms with Crippen molar-refractivity contribution in [2.24, 2.45) is 17.8 Å². The standard InChI is InChI=1S/C12H19NO2/c14-11(15)7-10-8-3-5-13(6-4-8)12(10)9-1-2-9/h8-10,12H,1-7H2,(H,14,15). The van der Waals surface area contributed by atoms with E-state index in [0.29, 0.717) is 24.3 Å². The van der Waals surface area contributed by atoms with E-state index in [1.807, 2.05) is 0 Å². The Bertz CT molecular complexity index is 267. The lowest BCUT2D eigenvalue weighted by atomic mass is 9.71. The fourth-order valence-corrected chi connectivity index (χ4v) is 3.77. The molecule has 15 heavy (non-hydrogen) atoms. The number of carboxylic acids is 1. The zero-order valence-corrected chi connectivity index (χ0v) is 9.06. The average Bonchev–Trinajstić information content (AvgIpc) is 3.02. The van der Waals surface area contributed by atoms with Crippen molar-refractivity contribution < 1.29 is 9.90 Å². The van der Waals surface area contributed by atoms with E-state index in [1.165, 1.54) is 38.8 Å². The summed E-state index contributed by atoms with van der Waals surface area (Å²) < 4.78 is 0. The van der Waals surface area contributed by atoms with Crippen molar-refractivity contribution in [1.82, 2.24) is 4.90 Å². The number of nitrogens with zero attached hydrogens (tertiary/aromatic N) is 1. The molecule has 3 heterocycles. The molecule has 0 spiro atoms. The van der Waals surface area contributed by atoms with Gasteiger partial charge >= 0.3 is 5.97 Å². The van der Waals surface area contributed by atoms with Crippen molar-refractivity contribution in [3.05, 3.63) is 0 Å². The summed E-state index contributed by atoms with van der Waals surface area (Å²) >= 11 is 0. The minimum Gasteiger partial charge on any atom is -0.481 e. The van der Waals surface area contributed by atoms with Gasteiger partial charge in [-0.2, -0.15) is 0 Å². The second kappa shape index (κ2) is 3.48. The van der Waals surface area contributed by atoms with Gasteiger partial charge in [0.15, 0.2) is 0 Å². The molecule has 84 valence electrons. The molecular formula is C12H19NO2. The van der Waals surface area contributed by atoms with Crippen LogP contribution in [-0.2, 0) is 4.79 Å². The van der Waals surface area contributed by atoms with Gasteiger partial charge in [0, 0.05) is 12.5 Å². The monoisotopic (exact) mass is 209 g/mol. The molecule has 4 aliphatic rings. The maximum absolute atomic E-state index is 10.9. The van der Waals surface area contributed by atoms with Crippen molar-refractivity contribution in [1.29, 1.82) is 0 Å². The van der Waals surface area contributed by atoms with Gasteiger partial charge in [-0.05, 0) is 56.5 Å². The molecule has 0 amide bonds. The van der Waals surface area contributed by atoms with Crippen LogP contribution in [0, 0.1) is 17.8 Å². The van der Waals surface area contributed by atoms with E-state index in [0.717, 1.165) is 5.92 Å². The molecule has 4 fully saturated rings. The molecule has 1 aliphatic carbocycles. The number of hydrogen-bond acceptors (Lipinski definition) is 2. The first kappa shape index (κ1) is 9.64. The largest absolute Gasteiger partial charge is 0.481 e. The van der Waals surface area contributed by atoms with E-state index in [2.05, 4.69) is 4.90 Å². The molecule has 3 saturated heterocycles. The lowest BCUT2D eigenvalue weighted by Crippen LogP contribution is -2.56. The van der Waals surface area contributed by atoms with Crippen LogP contribution in [0.3, 0.4) is 0 Å². The van der Waals surface area contributed by atoms with E-state index in [1.54, 1.807) is 0 Å². The van der Waals surface area contributed by atoms with E-state index in [4.69, 9.17) is 5.11 Å². The quantitative estimate of drug-likeness (QED) is 0.767. The third-order valence-electron chi connectivity index (χ3n) is 4.56. The number of aliphatic carboxylic acids is 1. The fraction of sp³-hybridized carbons (Fsp3) is 0.917. The molecule has 2 bridgehead atoms. The molecule has 1 saturated carbocycles. The Morgan fingerprint density at radius 1 is 1.13 bits per heavy atom. The molecule has 0 radical (unpaired) electrons. The zero-order chi connectivity index (χ0) is 10.4. The first-order valence-electron chi connectivity index (χ1n) is 6.21. The maximum Gasteiger partial charge on any atom is 0.303 e. The van der Waals surface area contributed by atoms with Crippen molar-refractivity contribution in [2.45, 2.75) is 38.1 Å². The summed E-state index contributed by atoms with van der Waals surface area (Å²) in [7, 11) is 0. The summed E-state index contributed by atoms with van der Waals surface area (Å²) in [6, 6.07) is 0.619. The summed E-state index contributed by atoms with van der Waals surface area (Å²) in [5.41, 5.74) is 0. The Labute approximate surface area is 90.5 Å². The topological polar surface area (TPSA) is 40.5 Å². The van der Waals surface area contributed by atoms with Gasteiger partial charge in [0.1, 0.15) is 0 Å². The molecule has 1 N–H and O–H groups in total. The van der Waals surface area contributed by atoms with Gasteiger partial charge in [-0.15, -0.1) is 0 Å². The van der Waals surface area contributed by atoms with Gasteiger partial charge in [-0.1, -0.05) is 0 Å². The summed E-state index contributed by atoms with van der Waals surface area (Å²) in [5, 5.41) is 9.00. The van der Waals surface area contributed by atoms with E-state index < -0.39 is 5.97 Å². The highest BCUT2D eigenvalue weighted by atomic mass is 16.4. The number of hydrogen-bond donors (Lipinski definition) is 1. The fourth-order valence-electron chi connectivity index (χ4n) is 3.77. The van der Waals surface area contributed by atoms with Crippen LogP contribution in [0.2, 0.25) is 0 Å². The number of piperidine rings is 3. The number of fused-ring (bicyclic) bond motifs is 3. The Hall–Kier alpha value is -0.570. The van der Waals surface area contributed by atoms with Crippen LogP contribution in [0.4, 0.5) is 0 Å². The molecular weight excluding hydrogens is 190 g/mol. The van der Waals surface area contributed by atoms with Crippen molar-refractivity contribution in [3.8, 4) is 0 Å². The lowest BCUT2D eigenvalue weighted by molar-refractivity contribution is -0.141. The van der Waals surface area contributed by atoms with Crippen LogP contribution in [0.25, 0.3) is 0 Å². The average molecular weight is 209 g/mol. The van der Waals surface area contributed by atoms with E-state index in [9.17, 15) is 4.79 Å². The number of carboxylic acid groups (broad SMARTS) is 1. The van der Waals surface area contributed by atoms with Gasteiger partial charge in [0.05, 0.1) is 0 Å². The van der Waals surface area contributed by atoms with Gasteiger partial charge < -0.3 is 5.11 Å². The summed E-state index contributed by atoms with van der Waals surface area (Å²) in [4.78, 5) is 13.5. The Balaban J connectivity index is 1.78. The molecule has 2 atom stereocenters. The molecule has 2 unspecified atom stereocenters. The minimum absolute atomic E-state index is 0.405. The first-order valence-corrected chi connectivity index (χ1v) is 6.21. The predicted molar refractivity (Wildman–Crippen MR) is 56.6 cm³/mol. The maximum atomic E-state index is 10.9. The molecule has 0 aromatic heterocycles. The molecule has 0 aromatic carbocycles. The van der Waals surface area contributed by atoms with Gasteiger partial charge in [0.25, 0.3) is 0 Å². The highest BCUT2D eigenvalue weighted by Gasteiger charge is 2.48. The van der Waals surface area contributed by atoms with Crippen molar-refractivity contribution in [3.63, 3.8) is 0 Å². The van der Waals surface area contributed by atoms with Crippen LogP contribution in [0.5, 0.6) is 0 Å². The molecule has 0 aromatic rings. The zero-order valence-electron chi connectivity index (χ0n) is 9.06. The second-order valence-corrected chi connectivity index (χ2v) is 5.46. The third-order valence-corrected chi connectivity index (χ3v) is 4.56. The second-order valence-electron chi connectivity index (χ2n) is 5.46. The van der Waals surface area contributed by atoms with Crippen molar-refractivity contribution in [2.75, 3.05) is 13.1 Å². The Morgan fingerprint density at radius 3 is 2.33 bits per heavy atom. The smallest absolute Gasteiger partial charge is 0.303 e. The molecule has 3 heteroatoms. The van der Waals surface area contributed by atoms with Crippen LogP contribution in [-0.4, -0.2) is 35.1 Å². The summed E-state index contributed by atoms with van der Waals surface area (Å²) in [5.74, 6) is 1.39. The van der Waals surface area contributed by atoms with Gasteiger partial charge in [-0.25, -0.2) is 0 Å². The van der Waals surface area contributed by atoms with E-state index in [-0.39, 0.29) is 0 Å². The van der Waals surface area contributed by atoms with Gasteiger partial charge in [-0.3, -0.25) is 9.69 Å². The predicted octanol–water partition coefficient (Wildman–Crippen LogP) is 1.58. The third kappa shape index (κ3) is 1.67. The van der Waals surface area contributed by atoms with Crippen LogP contribution in [0.15, 0.2) is 0 Å². The van der Waals surface area contributed by atoms with E-state index >= 15 is 0 Å². The number of rotatable bonds is 3. The SMILES string of the molecule is O=C(O)CC1C2CCN(CC2)C1C1CC1. The van der Waals surface area contributed by atoms with Crippen LogP contribution < -0.4 is 0 Å². The van der Waals surface area contributed by atoms with Gasteiger partial charge in [0.2, 0.25) is 0 Å². The number of carbonyl (C=O) groups is 1. The van der Waals surface area contributed by atoms with Crippen molar-refractivity contribution >= 4 is 5.97 Å². The summed E-state index contributed by atoms with van der Waals surface area (Å²) in [6.07, 6.45) is 5.55. The minimum atomic E-state index is -0.598. The molecule has 3 aliphatic heterocycles. The highest BCUT2D eigenvalue weighted by Crippen LogP contribution is 2.48. The Morgan fingerprint density at radius 2 is 1.80 bits per heavy atom. The van der Waals surface area contributed by atoms with Crippen LogP contribution in [0.1, 0.15) is 32.1 Å².